The van der Waals surface area contributed by atoms with Gasteiger partial charge in [-0.3, -0.25) is 4.79 Å². The zero-order valence-corrected chi connectivity index (χ0v) is 12.6. The summed E-state index contributed by atoms with van der Waals surface area (Å²) in [6.45, 7) is 12.6. The molecule has 1 aliphatic rings. The van der Waals surface area contributed by atoms with Crippen molar-refractivity contribution in [3.63, 3.8) is 0 Å². The van der Waals surface area contributed by atoms with E-state index in [1.807, 2.05) is 13.8 Å². The van der Waals surface area contributed by atoms with Crippen LogP contribution in [0.1, 0.15) is 60.8 Å². The van der Waals surface area contributed by atoms with E-state index in [4.69, 9.17) is 0 Å². The molecule has 0 spiro atoms. The van der Waals surface area contributed by atoms with E-state index in [2.05, 4.69) is 39.1 Å². The van der Waals surface area contributed by atoms with Gasteiger partial charge in [-0.1, -0.05) is 27.7 Å². The van der Waals surface area contributed by atoms with E-state index >= 15 is 0 Å². The molecule has 1 rings (SSSR count). The smallest absolute Gasteiger partial charge is 0.240 e. The molecule has 0 bridgehead atoms. The van der Waals surface area contributed by atoms with Crippen molar-refractivity contribution in [2.75, 3.05) is 0 Å². The third kappa shape index (κ3) is 3.48. The van der Waals surface area contributed by atoms with Crippen LogP contribution in [0.25, 0.3) is 0 Å². The van der Waals surface area contributed by atoms with Crippen LogP contribution in [0.3, 0.4) is 0 Å². The number of amides is 1. The zero-order valence-electron chi connectivity index (χ0n) is 12.6. The quantitative estimate of drug-likeness (QED) is 0.836. The second-order valence-electron chi connectivity index (χ2n) is 7.78. The lowest BCUT2D eigenvalue weighted by molar-refractivity contribution is -0.136. The van der Waals surface area contributed by atoms with Crippen molar-refractivity contribution in [2.45, 2.75) is 66.3 Å². The monoisotopic (exact) mass is 250 g/mol. The van der Waals surface area contributed by atoms with E-state index < -0.39 is 5.41 Å². The van der Waals surface area contributed by atoms with E-state index in [1.54, 1.807) is 0 Å². The van der Waals surface area contributed by atoms with Crippen LogP contribution >= 0.6 is 0 Å². The lowest BCUT2D eigenvalue weighted by Gasteiger charge is -2.42. The minimum atomic E-state index is -0.769. The highest BCUT2D eigenvalue weighted by atomic mass is 16.2. The summed E-state index contributed by atoms with van der Waals surface area (Å²) in [7, 11) is 0. The van der Waals surface area contributed by atoms with Gasteiger partial charge in [0.15, 0.2) is 0 Å². The summed E-state index contributed by atoms with van der Waals surface area (Å²) in [5.41, 5.74) is -0.879. The molecule has 1 fully saturated rings. The molecule has 0 aliphatic heterocycles. The highest BCUT2D eigenvalue weighted by Gasteiger charge is 2.50. The normalized spacial score (nSPS) is 28.2. The summed E-state index contributed by atoms with van der Waals surface area (Å²) < 4.78 is 0. The average molecular weight is 250 g/mol. The molecular formula is C15H26N2O. The number of nitrogens with one attached hydrogen (secondary N) is 1. The molecule has 1 aliphatic carbocycles. The van der Waals surface area contributed by atoms with Crippen molar-refractivity contribution >= 4 is 5.91 Å². The summed E-state index contributed by atoms with van der Waals surface area (Å²) in [5, 5.41) is 12.3. The number of nitriles is 1. The van der Waals surface area contributed by atoms with Crippen molar-refractivity contribution in [2.24, 2.45) is 16.7 Å². The SMILES string of the molecule is CC1CC(C#N)(C(=O)NC(C)(C)CC(C)(C)C)C1. The van der Waals surface area contributed by atoms with Crippen molar-refractivity contribution < 1.29 is 4.79 Å². The van der Waals surface area contributed by atoms with Gasteiger partial charge in [0.25, 0.3) is 0 Å². The molecule has 0 atom stereocenters. The van der Waals surface area contributed by atoms with E-state index in [1.165, 1.54) is 0 Å². The lowest BCUT2D eigenvalue weighted by atomic mass is 9.62. The number of nitrogens with zero attached hydrogens (tertiary/aromatic N) is 1. The fourth-order valence-corrected chi connectivity index (χ4v) is 3.25. The fourth-order valence-electron chi connectivity index (χ4n) is 3.25. The molecule has 1 saturated carbocycles. The van der Waals surface area contributed by atoms with Gasteiger partial charge in [-0.25, -0.2) is 0 Å². The van der Waals surface area contributed by atoms with Crippen molar-refractivity contribution in [1.82, 2.24) is 5.32 Å². The van der Waals surface area contributed by atoms with Gasteiger partial charge in [-0.05, 0) is 44.4 Å². The first kappa shape index (κ1) is 15.0. The van der Waals surface area contributed by atoms with E-state index in [9.17, 15) is 10.1 Å². The van der Waals surface area contributed by atoms with E-state index in [0.29, 0.717) is 18.8 Å². The minimum absolute atomic E-state index is 0.0858. The molecule has 3 heteroatoms. The molecule has 0 saturated heterocycles. The second kappa shape index (κ2) is 4.57. The van der Waals surface area contributed by atoms with Crippen LogP contribution in [0, 0.1) is 28.1 Å². The van der Waals surface area contributed by atoms with Crippen molar-refractivity contribution in [1.29, 1.82) is 5.26 Å². The van der Waals surface area contributed by atoms with Crippen molar-refractivity contribution in [3.8, 4) is 6.07 Å². The summed E-state index contributed by atoms with van der Waals surface area (Å²) >= 11 is 0. The molecule has 3 nitrogen and oxygen atoms in total. The number of carbonyl (C=O) groups excluding carboxylic acids is 1. The number of hydrogen-bond acceptors (Lipinski definition) is 2. The van der Waals surface area contributed by atoms with Gasteiger partial charge in [0.1, 0.15) is 5.41 Å². The zero-order chi connectivity index (χ0) is 14.2. The van der Waals surface area contributed by atoms with Crippen LogP contribution in [-0.2, 0) is 4.79 Å². The van der Waals surface area contributed by atoms with Gasteiger partial charge in [-0.15, -0.1) is 0 Å². The summed E-state index contributed by atoms with van der Waals surface area (Å²) in [6, 6.07) is 2.22. The Morgan fingerprint density at radius 2 is 1.83 bits per heavy atom. The Balaban J connectivity index is 2.68. The summed E-state index contributed by atoms with van der Waals surface area (Å²) in [5.74, 6) is 0.401. The predicted molar refractivity (Wildman–Crippen MR) is 72.7 cm³/mol. The van der Waals surface area contributed by atoms with Crippen LogP contribution in [0.4, 0.5) is 0 Å². The van der Waals surface area contributed by atoms with Gasteiger partial charge < -0.3 is 5.32 Å². The first-order valence-electron chi connectivity index (χ1n) is 6.74. The molecule has 0 aromatic heterocycles. The summed E-state index contributed by atoms with van der Waals surface area (Å²) in [4.78, 5) is 12.3. The molecule has 0 radical (unpaired) electrons. The number of carbonyl (C=O) groups is 1. The van der Waals surface area contributed by atoms with E-state index in [-0.39, 0.29) is 16.9 Å². The Labute approximate surface area is 111 Å². The Morgan fingerprint density at radius 1 is 1.33 bits per heavy atom. The van der Waals surface area contributed by atoms with Crippen LogP contribution in [0.2, 0.25) is 0 Å². The second-order valence-corrected chi connectivity index (χ2v) is 7.78. The molecule has 0 aromatic carbocycles. The largest absolute Gasteiger partial charge is 0.350 e. The topological polar surface area (TPSA) is 52.9 Å². The summed E-state index contributed by atoms with van der Waals surface area (Å²) in [6.07, 6.45) is 2.28. The first-order valence-corrected chi connectivity index (χ1v) is 6.74. The lowest BCUT2D eigenvalue weighted by Crippen LogP contribution is -2.55. The Kier molecular flexibility index (Phi) is 3.81. The van der Waals surface area contributed by atoms with Crippen LogP contribution in [0.15, 0.2) is 0 Å². The predicted octanol–water partition coefficient (Wildman–Crippen LogP) is 3.26. The van der Waals surface area contributed by atoms with Crippen molar-refractivity contribution in [3.05, 3.63) is 0 Å². The maximum absolute atomic E-state index is 12.3. The molecule has 1 N–H and O–H groups in total. The highest BCUT2D eigenvalue weighted by molar-refractivity contribution is 5.87. The molecule has 0 aromatic rings. The minimum Gasteiger partial charge on any atom is -0.350 e. The Morgan fingerprint density at radius 3 is 2.17 bits per heavy atom. The Hall–Kier alpha value is -1.04. The maximum atomic E-state index is 12.3. The highest BCUT2D eigenvalue weighted by Crippen LogP contribution is 2.45. The maximum Gasteiger partial charge on any atom is 0.240 e. The average Bonchev–Trinajstić information content (AvgIpc) is 2.06. The number of hydrogen-bond donors (Lipinski definition) is 1. The number of rotatable bonds is 3. The van der Waals surface area contributed by atoms with Gasteiger partial charge in [-0.2, -0.15) is 5.26 Å². The third-order valence-electron chi connectivity index (χ3n) is 3.47. The van der Waals surface area contributed by atoms with Crippen LogP contribution < -0.4 is 5.32 Å². The molecular weight excluding hydrogens is 224 g/mol. The third-order valence-corrected chi connectivity index (χ3v) is 3.47. The van der Waals surface area contributed by atoms with Gasteiger partial charge >= 0.3 is 0 Å². The molecule has 0 heterocycles. The van der Waals surface area contributed by atoms with Gasteiger partial charge in [0.05, 0.1) is 6.07 Å². The standard InChI is InChI=1S/C15H26N2O/c1-11-7-15(8-11,10-16)12(18)17-14(5,6)9-13(2,3)4/h11H,7-9H2,1-6H3,(H,17,18). The molecule has 1 amide bonds. The first-order chi connectivity index (χ1) is 8.00. The molecule has 0 unspecified atom stereocenters. The molecule has 102 valence electrons. The van der Waals surface area contributed by atoms with Gasteiger partial charge in [0, 0.05) is 5.54 Å². The van der Waals surface area contributed by atoms with Crippen LogP contribution in [0.5, 0.6) is 0 Å². The van der Waals surface area contributed by atoms with Gasteiger partial charge in [0.2, 0.25) is 5.91 Å². The molecule has 18 heavy (non-hydrogen) atoms. The fraction of sp³-hybridized carbons (Fsp3) is 0.867. The van der Waals surface area contributed by atoms with Crippen LogP contribution in [-0.4, -0.2) is 11.4 Å². The van der Waals surface area contributed by atoms with E-state index in [0.717, 1.165) is 6.42 Å². The Bertz CT molecular complexity index is 365.